The molecule has 1 heterocycles. The van der Waals surface area contributed by atoms with Crippen LogP contribution in [0.25, 0.3) is 0 Å². The number of H-pyrrole nitrogens is 1. The standard InChI is InChI=1S/C12H12N4O2S2/c1-20(17,18)16-11-10(7-13)12(15-14-11)19-8-9-5-3-2-4-6-9/h2-6H,8H2,1H3,(H2,14,15,16). The van der Waals surface area contributed by atoms with Crippen LogP contribution < -0.4 is 4.72 Å². The van der Waals surface area contributed by atoms with Crippen molar-refractivity contribution in [3.8, 4) is 6.07 Å². The first-order valence-corrected chi connectivity index (χ1v) is 8.50. The number of nitrogens with one attached hydrogen (secondary N) is 2. The Hall–Kier alpha value is -1.98. The highest BCUT2D eigenvalue weighted by Gasteiger charge is 2.16. The van der Waals surface area contributed by atoms with Gasteiger partial charge >= 0.3 is 0 Å². The third-order valence-electron chi connectivity index (χ3n) is 2.35. The molecule has 6 nitrogen and oxygen atoms in total. The number of hydrogen-bond donors (Lipinski definition) is 2. The lowest BCUT2D eigenvalue weighted by molar-refractivity contribution is 0.606. The molecule has 1 aromatic carbocycles. The average molecular weight is 308 g/mol. The maximum Gasteiger partial charge on any atom is 0.230 e. The Labute approximate surface area is 121 Å². The van der Waals surface area contributed by atoms with Crippen molar-refractivity contribution in [1.82, 2.24) is 10.2 Å². The summed E-state index contributed by atoms with van der Waals surface area (Å²) in [5.74, 6) is 0.754. The van der Waals surface area contributed by atoms with Crippen molar-refractivity contribution in [2.45, 2.75) is 10.8 Å². The molecule has 0 saturated carbocycles. The SMILES string of the molecule is CS(=O)(=O)Nc1[nH]nc(SCc2ccccc2)c1C#N. The molecule has 0 spiro atoms. The number of thioether (sulfide) groups is 1. The van der Waals surface area contributed by atoms with Crippen LogP contribution in [0, 0.1) is 11.3 Å². The number of benzene rings is 1. The molecule has 104 valence electrons. The van der Waals surface area contributed by atoms with Gasteiger partial charge in [0.1, 0.15) is 16.7 Å². The van der Waals surface area contributed by atoms with Crippen LogP contribution in [0.3, 0.4) is 0 Å². The van der Waals surface area contributed by atoms with E-state index in [0.717, 1.165) is 11.8 Å². The fourth-order valence-corrected chi connectivity index (χ4v) is 2.94. The largest absolute Gasteiger partial charge is 0.267 e. The van der Waals surface area contributed by atoms with Gasteiger partial charge in [0.05, 0.1) is 6.26 Å². The third kappa shape index (κ3) is 3.76. The number of rotatable bonds is 5. The molecule has 2 rings (SSSR count). The highest BCUT2D eigenvalue weighted by molar-refractivity contribution is 7.98. The first kappa shape index (κ1) is 14.4. The first-order chi connectivity index (χ1) is 9.49. The van der Waals surface area contributed by atoms with Crippen molar-refractivity contribution in [3.63, 3.8) is 0 Å². The second-order valence-electron chi connectivity index (χ2n) is 4.04. The van der Waals surface area contributed by atoms with E-state index in [2.05, 4.69) is 14.9 Å². The molecule has 0 atom stereocenters. The minimum absolute atomic E-state index is 0.102. The summed E-state index contributed by atoms with van der Waals surface area (Å²) in [4.78, 5) is 0. The molecule has 8 heteroatoms. The molecular formula is C12H12N4O2S2. The van der Waals surface area contributed by atoms with Crippen molar-refractivity contribution in [2.75, 3.05) is 11.0 Å². The van der Waals surface area contributed by atoms with Crippen molar-refractivity contribution in [2.24, 2.45) is 0 Å². The van der Waals surface area contributed by atoms with Gasteiger partial charge in [0.25, 0.3) is 0 Å². The second-order valence-corrected chi connectivity index (χ2v) is 6.75. The van der Waals surface area contributed by atoms with Gasteiger partial charge in [-0.3, -0.25) is 9.82 Å². The second kappa shape index (κ2) is 5.98. The zero-order valence-electron chi connectivity index (χ0n) is 10.6. The van der Waals surface area contributed by atoms with Gasteiger partial charge in [0.15, 0.2) is 5.82 Å². The van der Waals surface area contributed by atoms with Crippen LogP contribution in [-0.4, -0.2) is 24.9 Å². The van der Waals surface area contributed by atoms with Crippen molar-refractivity contribution in [3.05, 3.63) is 41.5 Å². The molecule has 0 aliphatic rings. The molecule has 0 fully saturated rings. The summed E-state index contributed by atoms with van der Waals surface area (Å²) in [6, 6.07) is 11.7. The van der Waals surface area contributed by atoms with Gasteiger partial charge in [-0.15, -0.1) is 0 Å². The zero-order valence-corrected chi connectivity index (χ0v) is 12.3. The molecule has 0 aliphatic heterocycles. The fourth-order valence-electron chi connectivity index (χ4n) is 1.52. The Bertz CT molecular complexity index is 733. The van der Waals surface area contributed by atoms with Crippen LogP contribution in [0.2, 0.25) is 0 Å². The van der Waals surface area contributed by atoms with Gasteiger partial charge < -0.3 is 0 Å². The van der Waals surface area contributed by atoms with Gasteiger partial charge in [0, 0.05) is 5.75 Å². The predicted molar refractivity (Wildman–Crippen MR) is 77.8 cm³/mol. The number of sulfonamides is 1. The van der Waals surface area contributed by atoms with E-state index in [-0.39, 0.29) is 11.4 Å². The van der Waals surface area contributed by atoms with Crippen molar-refractivity contribution >= 4 is 27.6 Å². The Morgan fingerprint density at radius 3 is 2.70 bits per heavy atom. The van der Waals surface area contributed by atoms with E-state index in [1.54, 1.807) is 0 Å². The first-order valence-electron chi connectivity index (χ1n) is 5.62. The topological polar surface area (TPSA) is 98.6 Å². The molecule has 0 amide bonds. The maximum atomic E-state index is 11.2. The summed E-state index contributed by atoms with van der Waals surface area (Å²) in [5.41, 5.74) is 1.30. The third-order valence-corrected chi connectivity index (χ3v) is 3.97. The van der Waals surface area contributed by atoms with Crippen LogP contribution in [0.4, 0.5) is 5.82 Å². The minimum atomic E-state index is -3.45. The zero-order chi connectivity index (χ0) is 14.6. The molecule has 0 unspecified atom stereocenters. The molecule has 1 aromatic heterocycles. The van der Waals surface area contributed by atoms with Gasteiger partial charge in [-0.25, -0.2) is 8.42 Å². The van der Waals surface area contributed by atoms with E-state index >= 15 is 0 Å². The molecule has 20 heavy (non-hydrogen) atoms. The van der Waals surface area contributed by atoms with Gasteiger partial charge in [0.2, 0.25) is 10.0 Å². The summed E-state index contributed by atoms with van der Waals surface area (Å²) >= 11 is 1.37. The fraction of sp³-hybridized carbons (Fsp3) is 0.167. The minimum Gasteiger partial charge on any atom is -0.267 e. The van der Waals surface area contributed by atoms with E-state index in [0.29, 0.717) is 10.8 Å². The molecule has 2 aromatic rings. The lowest BCUT2D eigenvalue weighted by Gasteiger charge is -2.01. The highest BCUT2D eigenvalue weighted by atomic mass is 32.2. The van der Waals surface area contributed by atoms with E-state index in [1.807, 2.05) is 36.4 Å². The maximum absolute atomic E-state index is 11.2. The highest BCUT2D eigenvalue weighted by Crippen LogP contribution is 2.28. The van der Waals surface area contributed by atoms with Crippen molar-refractivity contribution < 1.29 is 8.42 Å². The van der Waals surface area contributed by atoms with Gasteiger partial charge in [-0.2, -0.15) is 10.4 Å². The quantitative estimate of drug-likeness (QED) is 0.822. The van der Waals surface area contributed by atoms with Crippen LogP contribution in [0.5, 0.6) is 0 Å². The smallest absolute Gasteiger partial charge is 0.230 e. The number of aromatic nitrogens is 2. The van der Waals surface area contributed by atoms with Gasteiger partial charge in [-0.05, 0) is 5.56 Å². The van der Waals surface area contributed by atoms with Crippen molar-refractivity contribution in [1.29, 1.82) is 5.26 Å². The summed E-state index contributed by atoms with van der Waals surface area (Å²) in [7, 11) is -3.45. The molecule has 0 saturated heterocycles. The van der Waals surface area contributed by atoms with Crippen LogP contribution in [0.1, 0.15) is 11.1 Å². The average Bonchev–Trinajstić information content (AvgIpc) is 2.77. The number of hydrogen-bond acceptors (Lipinski definition) is 5. The van der Waals surface area contributed by atoms with Crippen LogP contribution >= 0.6 is 11.8 Å². The predicted octanol–water partition coefficient (Wildman–Crippen LogP) is 1.95. The van der Waals surface area contributed by atoms with E-state index in [9.17, 15) is 8.42 Å². The van der Waals surface area contributed by atoms with E-state index < -0.39 is 10.0 Å². The number of nitrogens with zero attached hydrogens (tertiary/aromatic N) is 2. The Morgan fingerprint density at radius 2 is 2.10 bits per heavy atom. The lowest BCUT2D eigenvalue weighted by atomic mass is 10.2. The van der Waals surface area contributed by atoms with Crippen LogP contribution in [-0.2, 0) is 15.8 Å². The molecule has 0 radical (unpaired) electrons. The molecule has 2 N–H and O–H groups in total. The summed E-state index contributed by atoms with van der Waals surface area (Å²) < 4.78 is 24.6. The monoisotopic (exact) mass is 308 g/mol. The number of nitriles is 1. The Balaban J connectivity index is 2.15. The number of aromatic amines is 1. The Kier molecular flexibility index (Phi) is 4.32. The lowest BCUT2D eigenvalue weighted by Crippen LogP contribution is -2.10. The van der Waals surface area contributed by atoms with Crippen LogP contribution in [0.15, 0.2) is 35.4 Å². The van der Waals surface area contributed by atoms with E-state index in [4.69, 9.17) is 5.26 Å². The summed E-state index contributed by atoms with van der Waals surface area (Å²) in [5, 5.41) is 16.1. The molecule has 0 bridgehead atoms. The summed E-state index contributed by atoms with van der Waals surface area (Å²) in [6.45, 7) is 0. The molecular weight excluding hydrogens is 296 g/mol. The summed E-state index contributed by atoms with van der Waals surface area (Å²) in [6.07, 6.45) is 1.02. The number of anilines is 1. The molecule has 0 aliphatic carbocycles. The Morgan fingerprint density at radius 1 is 1.40 bits per heavy atom. The normalized spacial score (nSPS) is 11.0. The van der Waals surface area contributed by atoms with Gasteiger partial charge in [-0.1, -0.05) is 42.1 Å². The van der Waals surface area contributed by atoms with E-state index in [1.165, 1.54) is 11.8 Å².